The van der Waals surface area contributed by atoms with Crippen LogP contribution in [0.1, 0.15) is 11.3 Å². The number of anilines is 1. The second kappa shape index (κ2) is 4.44. The summed E-state index contributed by atoms with van der Waals surface area (Å²) in [5.41, 5.74) is 4.68. The monoisotopic (exact) mass is 291 g/mol. The Morgan fingerprint density at radius 1 is 1.14 bits per heavy atom. The molecular weight excluding hydrogens is 272 g/mol. The van der Waals surface area contributed by atoms with Crippen molar-refractivity contribution in [2.45, 2.75) is 18.8 Å². The number of H-pyrrole nitrogens is 1. The molecule has 0 aliphatic carbocycles. The number of alkyl halides is 2. The number of aromatic amines is 1. The molecule has 1 fully saturated rings. The van der Waals surface area contributed by atoms with E-state index in [1.807, 2.05) is 12.1 Å². The van der Waals surface area contributed by atoms with Crippen LogP contribution in [0.3, 0.4) is 0 Å². The largest absolute Gasteiger partial charge is 0.359 e. The van der Waals surface area contributed by atoms with Crippen LogP contribution in [-0.2, 0) is 12.8 Å². The van der Waals surface area contributed by atoms with Gasteiger partial charge in [-0.05, 0) is 31.2 Å². The minimum absolute atomic E-state index is 0.163. The topological polar surface area (TPSA) is 22.3 Å². The fourth-order valence-corrected chi connectivity index (χ4v) is 3.41. The van der Waals surface area contributed by atoms with Gasteiger partial charge in [0.05, 0.1) is 13.1 Å². The van der Waals surface area contributed by atoms with Crippen LogP contribution in [0.25, 0.3) is 10.9 Å². The summed E-state index contributed by atoms with van der Waals surface area (Å²) in [7, 11) is 2.15. The van der Waals surface area contributed by atoms with Crippen LogP contribution in [0.5, 0.6) is 0 Å². The number of likely N-dealkylation sites (N-methyl/N-ethyl adjacent to an activating group) is 1. The van der Waals surface area contributed by atoms with E-state index in [1.165, 1.54) is 16.6 Å². The van der Waals surface area contributed by atoms with Gasteiger partial charge in [-0.1, -0.05) is 6.07 Å². The maximum absolute atomic E-state index is 13.0. The van der Waals surface area contributed by atoms with Gasteiger partial charge in [-0.3, -0.25) is 0 Å². The van der Waals surface area contributed by atoms with E-state index in [9.17, 15) is 8.78 Å². The Balaban J connectivity index is 1.68. The summed E-state index contributed by atoms with van der Waals surface area (Å²) in [4.78, 5) is 7.58. The Labute approximate surface area is 122 Å². The molecule has 1 saturated heterocycles. The van der Waals surface area contributed by atoms with Crippen LogP contribution in [0.4, 0.5) is 14.5 Å². The average molecular weight is 291 g/mol. The summed E-state index contributed by atoms with van der Waals surface area (Å²) in [5.74, 6) is -2.52. The summed E-state index contributed by atoms with van der Waals surface area (Å²) in [6, 6.07) is 6.07. The molecule has 21 heavy (non-hydrogen) atoms. The number of hydrogen-bond donors (Lipinski definition) is 1. The SMILES string of the molecule is CN1CCc2[nH]c3cc(N4CC(F)(F)C4)ccc3c2CC1. The predicted molar refractivity (Wildman–Crippen MR) is 80.4 cm³/mol. The Hall–Kier alpha value is -1.62. The van der Waals surface area contributed by atoms with Crippen molar-refractivity contribution in [1.82, 2.24) is 9.88 Å². The summed E-state index contributed by atoms with van der Waals surface area (Å²) >= 11 is 0. The fourth-order valence-electron chi connectivity index (χ4n) is 3.41. The molecular formula is C16H19F2N3. The molecule has 0 atom stereocenters. The number of hydrogen-bond acceptors (Lipinski definition) is 2. The minimum atomic E-state index is -2.52. The molecule has 0 radical (unpaired) electrons. The van der Waals surface area contributed by atoms with E-state index >= 15 is 0 Å². The zero-order valence-electron chi connectivity index (χ0n) is 12.1. The van der Waals surface area contributed by atoms with Gasteiger partial charge in [-0.25, -0.2) is 8.78 Å². The lowest BCUT2D eigenvalue weighted by Gasteiger charge is -2.40. The van der Waals surface area contributed by atoms with Gasteiger partial charge in [0, 0.05) is 41.8 Å². The molecule has 0 amide bonds. The summed E-state index contributed by atoms with van der Waals surface area (Å²) < 4.78 is 26.0. The van der Waals surface area contributed by atoms with Crippen LogP contribution >= 0.6 is 0 Å². The zero-order chi connectivity index (χ0) is 14.6. The average Bonchev–Trinajstić information content (AvgIpc) is 2.66. The molecule has 2 aromatic rings. The smallest absolute Gasteiger partial charge is 0.282 e. The summed E-state index contributed by atoms with van der Waals surface area (Å²) in [5, 5.41) is 1.25. The highest BCUT2D eigenvalue weighted by Crippen LogP contribution is 2.34. The molecule has 0 saturated carbocycles. The summed E-state index contributed by atoms with van der Waals surface area (Å²) in [6.07, 6.45) is 2.07. The van der Waals surface area contributed by atoms with E-state index in [2.05, 4.69) is 23.0 Å². The Bertz CT molecular complexity index is 684. The van der Waals surface area contributed by atoms with E-state index < -0.39 is 5.92 Å². The molecule has 2 aliphatic rings. The zero-order valence-corrected chi connectivity index (χ0v) is 12.1. The minimum Gasteiger partial charge on any atom is -0.359 e. The molecule has 1 aromatic carbocycles. The number of rotatable bonds is 1. The van der Waals surface area contributed by atoms with Gasteiger partial charge in [-0.2, -0.15) is 0 Å². The lowest BCUT2D eigenvalue weighted by molar-refractivity contribution is -0.0262. The predicted octanol–water partition coefficient (Wildman–Crippen LogP) is 2.65. The Kier molecular flexibility index (Phi) is 2.76. The van der Waals surface area contributed by atoms with Crippen molar-refractivity contribution in [1.29, 1.82) is 0 Å². The van der Waals surface area contributed by atoms with Gasteiger partial charge in [0.25, 0.3) is 5.92 Å². The van der Waals surface area contributed by atoms with Crippen molar-refractivity contribution in [3.8, 4) is 0 Å². The molecule has 5 heteroatoms. The standard InChI is InChI=1S/C16H19F2N3/c1-20-6-4-13-12-3-2-11(21-9-16(17,18)10-21)8-15(12)19-14(13)5-7-20/h2-3,8,19H,4-7,9-10H2,1H3. The van der Waals surface area contributed by atoms with Gasteiger partial charge < -0.3 is 14.8 Å². The van der Waals surface area contributed by atoms with Crippen molar-refractivity contribution in [2.24, 2.45) is 0 Å². The highest BCUT2D eigenvalue weighted by Gasteiger charge is 2.43. The molecule has 0 unspecified atom stereocenters. The second-order valence-corrected chi connectivity index (χ2v) is 6.33. The van der Waals surface area contributed by atoms with Crippen molar-refractivity contribution < 1.29 is 8.78 Å². The van der Waals surface area contributed by atoms with Crippen LogP contribution in [0.2, 0.25) is 0 Å². The third-order valence-corrected chi connectivity index (χ3v) is 4.67. The maximum atomic E-state index is 13.0. The van der Waals surface area contributed by atoms with Crippen LogP contribution in [-0.4, -0.2) is 49.0 Å². The van der Waals surface area contributed by atoms with E-state index in [0.717, 1.165) is 37.1 Å². The normalized spacial score (nSPS) is 22.0. The van der Waals surface area contributed by atoms with Gasteiger partial charge in [0.1, 0.15) is 0 Å². The van der Waals surface area contributed by atoms with Crippen molar-refractivity contribution in [3.63, 3.8) is 0 Å². The molecule has 1 N–H and O–H groups in total. The first-order valence-electron chi connectivity index (χ1n) is 7.47. The van der Waals surface area contributed by atoms with Crippen molar-refractivity contribution >= 4 is 16.6 Å². The van der Waals surface area contributed by atoms with Crippen molar-refractivity contribution in [2.75, 3.05) is 38.1 Å². The second-order valence-electron chi connectivity index (χ2n) is 6.33. The molecule has 2 aliphatic heterocycles. The van der Waals surface area contributed by atoms with E-state index in [4.69, 9.17) is 0 Å². The molecule has 3 heterocycles. The van der Waals surface area contributed by atoms with Gasteiger partial charge in [-0.15, -0.1) is 0 Å². The third kappa shape index (κ3) is 2.20. The van der Waals surface area contributed by atoms with Crippen LogP contribution < -0.4 is 4.90 Å². The Morgan fingerprint density at radius 2 is 1.90 bits per heavy atom. The lowest BCUT2D eigenvalue weighted by Crippen LogP contribution is -2.56. The molecule has 112 valence electrons. The van der Waals surface area contributed by atoms with Crippen LogP contribution in [0.15, 0.2) is 18.2 Å². The fraction of sp³-hybridized carbons (Fsp3) is 0.500. The quantitative estimate of drug-likeness (QED) is 0.872. The number of halogens is 2. The first-order valence-corrected chi connectivity index (χ1v) is 7.47. The molecule has 4 rings (SSSR count). The van der Waals surface area contributed by atoms with E-state index in [0.29, 0.717) is 0 Å². The number of nitrogens with zero attached hydrogens (tertiary/aromatic N) is 2. The summed E-state index contributed by atoms with van der Waals surface area (Å²) in [6.45, 7) is 1.80. The van der Waals surface area contributed by atoms with Crippen molar-refractivity contribution in [3.05, 3.63) is 29.5 Å². The number of nitrogens with one attached hydrogen (secondary N) is 1. The molecule has 1 aromatic heterocycles. The van der Waals surface area contributed by atoms with Crippen LogP contribution in [0, 0.1) is 0 Å². The molecule has 0 spiro atoms. The van der Waals surface area contributed by atoms with E-state index in [-0.39, 0.29) is 13.1 Å². The van der Waals surface area contributed by atoms with E-state index in [1.54, 1.807) is 4.90 Å². The van der Waals surface area contributed by atoms with Gasteiger partial charge >= 0.3 is 0 Å². The highest BCUT2D eigenvalue weighted by molar-refractivity contribution is 5.88. The number of fused-ring (bicyclic) bond motifs is 3. The maximum Gasteiger partial charge on any atom is 0.282 e. The first-order chi connectivity index (χ1) is 10.0. The number of aromatic nitrogens is 1. The number of benzene rings is 1. The third-order valence-electron chi connectivity index (χ3n) is 4.67. The lowest BCUT2D eigenvalue weighted by atomic mass is 10.0. The van der Waals surface area contributed by atoms with Gasteiger partial charge in [0.2, 0.25) is 0 Å². The van der Waals surface area contributed by atoms with Gasteiger partial charge in [0.15, 0.2) is 0 Å². The first kappa shape index (κ1) is 13.1. The molecule has 3 nitrogen and oxygen atoms in total. The Morgan fingerprint density at radius 3 is 2.67 bits per heavy atom. The highest BCUT2D eigenvalue weighted by atomic mass is 19.3. The molecule has 0 bridgehead atoms.